The highest BCUT2D eigenvalue weighted by Crippen LogP contribution is 2.33. The van der Waals surface area contributed by atoms with Gasteiger partial charge in [0.05, 0.1) is 34.9 Å². The number of aliphatic hydroxyl groups excluding tert-OH is 1. The molecule has 2 aliphatic rings. The summed E-state index contributed by atoms with van der Waals surface area (Å²) in [4.78, 5) is 19.7. The number of carbonyl (C=O) groups is 1. The smallest absolute Gasteiger partial charge is 0.277 e. The fourth-order valence-corrected chi connectivity index (χ4v) is 5.15. The summed E-state index contributed by atoms with van der Waals surface area (Å²) in [5.74, 6) is 0.488. The van der Waals surface area contributed by atoms with Crippen LogP contribution < -0.4 is 15.5 Å². The van der Waals surface area contributed by atoms with Crippen LogP contribution in [0.25, 0.3) is 17.0 Å². The van der Waals surface area contributed by atoms with Crippen molar-refractivity contribution in [3.8, 4) is 11.5 Å². The number of hydrogen-bond acceptors (Lipinski definition) is 7. The molecule has 2 aliphatic heterocycles. The third-order valence-corrected chi connectivity index (χ3v) is 7.11. The second-order valence-corrected chi connectivity index (χ2v) is 9.79. The predicted molar refractivity (Wildman–Crippen MR) is 138 cm³/mol. The Labute approximate surface area is 209 Å². The maximum absolute atomic E-state index is 13.2. The first-order chi connectivity index (χ1) is 17.5. The van der Waals surface area contributed by atoms with Crippen LogP contribution in [0.5, 0.6) is 0 Å². The number of piperidine rings is 1. The Morgan fingerprint density at radius 1 is 1.19 bits per heavy atom. The normalized spacial score (nSPS) is 18.7. The van der Waals surface area contributed by atoms with Crippen LogP contribution in [0, 0.1) is 6.92 Å². The van der Waals surface area contributed by atoms with Crippen molar-refractivity contribution in [2.75, 3.05) is 36.4 Å². The summed E-state index contributed by atoms with van der Waals surface area (Å²) in [7, 11) is 0. The van der Waals surface area contributed by atoms with Crippen LogP contribution in [0.4, 0.5) is 11.4 Å². The van der Waals surface area contributed by atoms with Crippen molar-refractivity contribution in [3.05, 3.63) is 65.8 Å². The third kappa shape index (κ3) is 4.47. The Morgan fingerprint density at radius 3 is 2.83 bits per heavy atom. The van der Waals surface area contributed by atoms with Gasteiger partial charge in [-0.2, -0.15) is 5.10 Å². The van der Waals surface area contributed by atoms with Gasteiger partial charge >= 0.3 is 0 Å². The van der Waals surface area contributed by atoms with E-state index in [9.17, 15) is 9.90 Å². The summed E-state index contributed by atoms with van der Waals surface area (Å²) in [6, 6.07) is 11.9. The molecule has 1 atom stereocenters. The first kappa shape index (κ1) is 22.8. The molecule has 2 fully saturated rings. The molecule has 186 valence electrons. The SMILES string of the molecule is Cc1cccc(-c2nc(C(=O)Nc3cc4cc(C5CCNCC5)nn4cc3N3CCC(O)C3)co2)c1. The molecule has 1 amide bonds. The number of β-amino-alcohol motifs (C(OH)–C–C–N with tert-alkyl or cyclic N) is 1. The lowest BCUT2D eigenvalue weighted by atomic mass is 9.95. The third-order valence-electron chi connectivity index (χ3n) is 7.11. The van der Waals surface area contributed by atoms with Crippen molar-refractivity contribution < 1.29 is 14.3 Å². The van der Waals surface area contributed by atoms with Crippen LogP contribution in [-0.2, 0) is 0 Å². The summed E-state index contributed by atoms with van der Waals surface area (Å²) in [6.45, 7) is 5.22. The number of aryl methyl sites for hydroxylation is 1. The van der Waals surface area contributed by atoms with E-state index in [4.69, 9.17) is 9.52 Å². The van der Waals surface area contributed by atoms with E-state index in [1.54, 1.807) is 0 Å². The molecule has 5 heterocycles. The maximum Gasteiger partial charge on any atom is 0.277 e. The highest BCUT2D eigenvalue weighted by Gasteiger charge is 2.26. The zero-order valence-electron chi connectivity index (χ0n) is 20.3. The average Bonchev–Trinajstić information content (AvgIpc) is 3.63. The molecular formula is C27H30N6O3. The maximum atomic E-state index is 13.2. The zero-order chi connectivity index (χ0) is 24.6. The van der Waals surface area contributed by atoms with Gasteiger partial charge in [-0.15, -0.1) is 0 Å². The zero-order valence-corrected chi connectivity index (χ0v) is 20.3. The second kappa shape index (κ2) is 9.40. The number of aliphatic hydroxyl groups is 1. The summed E-state index contributed by atoms with van der Waals surface area (Å²) in [6.07, 6.45) is 5.77. The van der Waals surface area contributed by atoms with Crippen molar-refractivity contribution in [2.24, 2.45) is 0 Å². The molecule has 9 nitrogen and oxygen atoms in total. The van der Waals surface area contributed by atoms with Gasteiger partial charge in [-0.3, -0.25) is 4.79 Å². The second-order valence-electron chi connectivity index (χ2n) is 9.79. The minimum Gasteiger partial charge on any atom is -0.444 e. The van der Waals surface area contributed by atoms with Gasteiger partial charge in [-0.1, -0.05) is 17.7 Å². The van der Waals surface area contributed by atoms with E-state index in [-0.39, 0.29) is 17.7 Å². The van der Waals surface area contributed by atoms with Crippen LogP contribution >= 0.6 is 0 Å². The molecule has 0 spiro atoms. The number of nitrogens with zero attached hydrogens (tertiary/aromatic N) is 4. The summed E-state index contributed by atoms with van der Waals surface area (Å²) in [5, 5.41) is 21.5. The Morgan fingerprint density at radius 2 is 2.06 bits per heavy atom. The number of hydrogen-bond donors (Lipinski definition) is 3. The standard InChI is InChI=1S/C27H30N6O3/c1-17-3-2-4-19(11-17)27-30-24(16-36-27)26(35)29-23-13-20-12-22(18-5-8-28-9-6-18)31-33(20)15-25(23)32-10-7-21(34)14-32/h2-4,11-13,15-16,18,21,28,34H,5-10,14H2,1H3,(H,29,35). The van der Waals surface area contributed by atoms with Gasteiger partial charge in [0.15, 0.2) is 5.69 Å². The molecule has 0 radical (unpaired) electrons. The number of benzene rings is 1. The van der Waals surface area contributed by atoms with Crippen LogP contribution in [-0.4, -0.2) is 57.9 Å². The average molecular weight is 487 g/mol. The quantitative estimate of drug-likeness (QED) is 0.396. The first-order valence-electron chi connectivity index (χ1n) is 12.5. The van der Waals surface area contributed by atoms with Crippen molar-refractivity contribution in [3.63, 3.8) is 0 Å². The van der Waals surface area contributed by atoms with Crippen LogP contribution in [0.3, 0.4) is 0 Å². The number of fused-ring (bicyclic) bond motifs is 1. The van der Waals surface area contributed by atoms with Gasteiger partial charge in [0.25, 0.3) is 5.91 Å². The number of aromatic nitrogens is 3. The van der Waals surface area contributed by atoms with E-state index in [1.807, 2.05) is 48.0 Å². The van der Waals surface area contributed by atoms with Crippen molar-refractivity contribution >= 4 is 22.8 Å². The van der Waals surface area contributed by atoms with Gasteiger partial charge in [-0.05, 0) is 63.5 Å². The monoisotopic (exact) mass is 486 g/mol. The summed E-state index contributed by atoms with van der Waals surface area (Å²) < 4.78 is 7.50. The highest BCUT2D eigenvalue weighted by atomic mass is 16.3. The Bertz CT molecular complexity index is 1400. The summed E-state index contributed by atoms with van der Waals surface area (Å²) >= 11 is 0. The Kier molecular flexibility index (Phi) is 5.94. The predicted octanol–water partition coefficient (Wildman–Crippen LogP) is 3.59. The number of pyridine rings is 1. The molecule has 3 N–H and O–H groups in total. The molecule has 6 rings (SSSR count). The first-order valence-corrected chi connectivity index (χ1v) is 12.5. The van der Waals surface area contributed by atoms with E-state index in [0.29, 0.717) is 37.0 Å². The molecule has 3 aromatic heterocycles. The van der Waals surface area contributed by atoms with Crippen molar-refractivity contribution in [1.29, 1.82) is 0 Å². The minimum absolute atomic E-state index is 0.211. The fraction of sp³-hybridized carbons (Fsp3) is 0.370. The van der Waals surface area contributed by atoms with E-state index in [1.165, 1.54) is 6.26 Å². The topological polar surface area (TPSA) is 108 Å². The molecular weight excluding hydrogens is 456 g/mol. The number of carbonyl (C=O) groups excluding carboxylic acids is 1. The van der Waals surface area contributed by atoms with Crippen LogP contribution in [0.15, 0.2) is 53.3 Å². The molecule has 4 aromatic rings. The van der Waals surface area contributed by atoms with Gasteiger partial charge in [0.2, 0.25) is 5.89 Å². The number of amides is 1. The van der Waals surface area contributed by atoms with Gasteiger partial charge in [0, 0.05) is 24.6 Å². The van der Waals surface area contributed by atoms with Crippen LogP contribution in [0.1, 0.15) is 46.9 Å². The highest BCUT2D eigenvalue weighted by molar-refractivity contribution is 6.05. The molecule has 9 heteroatoms. The number of rotatable bonds is 5. The lowest BCUT2D eigenvalue weighted by molar-refractivity contribution is 0.102. The van der Waals surface area contributed by atoms with Gasteiger partial charge < -0.3 is 25.1 Å². The number of oxazole rings is 1. The van der Waals surface area contributed by atoms with Gasteiger partial charge in [0.1, 0.15) is 6.26 Å². The minimum atomic E-state index is -0.389. The molecule has 2 saturated heterocycles. The summed E-state index contributed by atoms with van der Waals surface area (Å²) in [5.41, 5.74) is 5.62. The lowest BCUT2D eigenvalue weighted by Gasteiger charge is -2.22. The van der Waals surface area contributed by atoms with Crippen molar-refractivity contribution in [2.45, 2.75) is 38.2 Å². The lowest BCUT2D eigenvalue weighted by Crippen LogP contribution is -2.26. The number of anilines is 2. The van der Waals surface area contributed by atoms with E-state index < -0.39 is 0 Å². The van der Waals surface area contributed by atoms with Gasteiger partial charge in [-0.25, -0.2) is 9.50 Å². The van der Waals surface area contributed by atoms with Crippen LogP contribution in [0.2, 0.25) is 0 Å². The molecule has 1 unspecified atom stereocenters. The van der Waals surface area contributed by atoms with Crippen molar-refractivity contribution in [1.82, 2.24) is 19.9 Å². The van der Waals surface area contributed by atoms with E-state index >= 15 is 0 Å². The Balaban J connectivity index is 1.31. The molecule has 1 aromatic carbocycles. The largest absolute Gasteiger partial charge is 0.444 e. The molecule has 36 heavy (non-hydrogen) atoms. The van der Waals surface area contributed by atoms with E-state index in [2.05, 4.69) is 26.6 Å². The fourth-order valence-electron chi connectivity index (χ4n) is 5.15. The molecule has 0 saturated carbocycles. The number of nitrogens with one attached hydrogen (secondary N) is 2. The molecule has 0 aliphatic carbocycles. The molecule has 0 bridgehead atoms. The van der Waals surface area contributed by atoms with E-state index in [0.717, 1.165) is 54.0 Å². The Hall–Kier alpha value is -3.69.